The number of carbonyl (C=O) groups excluding carboxylic acids is 1. The number of ether oxygens (including phenoxy) is 1. The summed E-state index contributed by atoms with van der Waals surface area (Å²) >= 11 is 1.71. The van der Waals surface area contributed by atoms with Gasteiger partial charge in [0.05, 0.1) is 11.4 Å². The monoisotopic (exact) mass is 372 g/mol. The summed E-state index contributed by atoms with van der Waals surface area (Å²) in [5, 5.41) is 0.00455. The van der Waals surface area contributed by atoms with Gasteiger partial charge < -0.3 is 15.4 Å². The van der Waals surface area contributed by atoms with Crippen LogP contribution < -0.4 is 5.73 Å². The number of nitrogens with zero attached hydrogens (tertiary/aromatic N) is 1. The Morgan fingerprint density at radius 1 is 1.33 bits per heavy atom. The molecule has 136 valence electrons. The summed E-state index contributed by atoms with van der Waals surface area (Å²) < 4.78 is 5.79. The molecule has 1 heterocycles. The Morgan fingerprint density at radius 2 is 2.00 bits per heavy atom. The number of benzene rings is 1. The first-order valence-electron chi connectivity index (χ1n) is 8.46. The fraction of sp³-hybridized carbons (Fsp3) is 0.611. The minimum atomic E-state index is 0. The minimum Gasteiger partial charge on any atom is -0.378 e. The van der Waals surface area contributed by atoms with Crippen LogP contribution in [0, 0.1) is 0 Å². The molecule has 4 nitrogen and oxygen atoms in total. The van der Waals surface area contributed by atoms with Crippen molar-refractivity contribution in [3.05, 3.63) is 35.9 Å². The molecule has 1 unspecified atom stereocenters. The van der Waals surface area contributed by atoms with E-state index in [9.17, 15) is 4.79 Å². The van der Waals surface area contributed by atoms with Crippen molar-refractivity contribution in [2.45, 2.75) is 43.3 Å². The van der Waals surface area contributed by atoms with Gasteiger partial charge in [0.15, 0.2) is 0 Å². The van der Waals surface area contributed by atoms with Crippen LogP contribution in [-0.2, 0) is 15.3 Å². The van der Waals surface area contributed by atoms with Crippen molar-refractivity contribution in [3.63, 3.8) is 0 Å². The van der Waals surface area contributed by atoms with Crippen molar-refractivity contribution in [1.29, 1.82) is 0 Å². The summed E-state index contributed by atoms with van der Waals surface area (Å²) in [6, 6.07) is 10.3. The van der Waals surface area contributed by atoms with Gasteiger partial charge in [-0.25, -0.2) is 0 Å². The van der Waals surface area contributed by atoms with Crippen LogP contribution in [-0.4, -0.2) is 48.4 Å². The Labute approximate surface area is 155 Å². The van der Waals surface area contributed by atoms with Gasteiger partial charge in [-0.05, 0) is 38.3 Å². The van der Waals surface area contributed by atoms with Gasteiger partial charge in [0.25, 0.3) is 0 Å². The van der Waals surface area contributed by atoms with Gasteiger partial charge in [-0.3, -0.25) is 4.79 Å². The number of hydrogen-bond acceptors (Lipinski definition) is 4. The number of likely N-dealkylation sites (tertiary alicyclic amines) is 1. The second kappa shape index (κ2) is 11.7. The molecule has 0 spiro atoms. The van der Waals surface area contributed by atoms with Gasteiger partial charge in [-0.1, -0.05) is 30.3 Å². The highest BCUT2D eigenvalue weighted by molar-refractivity contribution is 7.99. The number of hydrogen-bond donors (Lipinski definition) is 1. The highest BCUT2D eigenvalue weighted by atomic mass is 35.5. The van der Waals surface area contributed by atoms with Crippen LogP contribution in [0.1, 0.15) is 31.7 Å². The zero-order chi connectivity index (χ0) is 16.5. The standard InChI is InChI=1S/C18H28N2O2S.ClH/c1-15(23-14-16-6-3-2-4-7-16)18(21)20-11-8-17(9-12-20)22-13-5-10-19;/h2-4,6-7,15,17H,5,8-14,19H2,1H3;1H. The zero-order valence-corrected chi connectivity index (χ0v) is 16.0. The van der Waals surface area contributed by atoms with Crippen LogP contribution in [0.15, 0.2) is 30.3 Å². The maximum absolute atomic E-state index is 12.5. The topological polar surface area (TPSA) is 55.6 Å². The molecule has 0 radical (unpaired) electrons. The van der Waals surface area contributed by atoms with E-state index in [4.69, 9.17) is 10.5 Å². The van der Waals surface area contributed by atoms with E-state index in [0.717, 1.165) is 44.7 Å². The predicted octanol–water partition coefficient (Wildman–Crippen LogP) is 3.09. The molecule has 1 aliphatic rings. The largest absolute Gasteiger partial charge is 0.378 e. The third kappa shape index (κ3) is 7.01. The first-order valence-corrected chi connectivity index (χ1v) is 9.51. The molecule has 6 heteroatoms. The SMILES string of the molecule is CC(SCc1ccccc1)C(=O)N1CCC(OCCCN)CC1.Cl. The van der Waals surface area contributed by atoms with Crippen LogP contribution in [0.4, 0.5) is 0 Å². The van der Waals surface area contributed by atoms with Crippen molar-refractivity contribution in [2.24, 2.45) is 5.73 Å². The third-order valence-electron chi connectivity index (χ3n) is 4.15. The molecule has 2 N–H and O–H groups in total. The molecule has 2 rings (SSSR count). The van der Waals surface area contributed by atoms with Crippen LogP contribution in [0.25, 0.3) is 0 Å². The van der Waals surface area contributed by atoms with E-state index in [0.29, 0.717) is 6.54 Å². The van der Waals surface area contributed by atoms with Crippen molar-refractivity contribution < 1.29 is 9.53 Å². The second-order valence-electron chi connectivity index (χ2n) is 5.98. The van der Waals surface area contributed by atoms with Gasteiger partial charge in [-0.15, -0.1) is 24.2 Å². The highest BCUT2D eigenvalue weighted by Crippen LogP contribution is 2.22. The lowest BCUT2D eigenvalue weighted by Gasteiger charge is -2.33. The molecule has 1 aromatic carbocycles. The quantitative estimate of drug-likeness (QED) is 0.712. The van der Waals surface area contributed by atoms with Crippen molar-refractivity contribution in [1.82, 2.24) is 4.90 Å². The number of amides is 1. The van der Waals surface area contributed by atoms with Gasteiger partial charge >= 0.3 is 0 Å². The molecule has 0 aliphatic carbocycles. The lowest BCUT2D eigenvalue weighted by molar-refractivity contribution is -0.132. The molecule has 0 bridgehead atoms. The summed E-state index contributed by atoms with van der Waals surface area (Å²) in [7, 11) is 0. The minimum absolute atomic E-state index is 0. The van der Waals surface area contributed by atoms with E-state index < -0.39 is 0 Å². The van der Waals surface area contributed by atoms with Gasteiger partial charge in [0.1, 0.15) is 0 Å². The second-order valence-corrected chi connectivity index (χ2v) is 7.31. The average Bonchev–Trinajstić information content (AvgIpc) is 2.61. The Kier molecular flexibility index (Phi) is 10.4. The average molecular weight is 373 g/mol. The molecule has 1 aromatic rings. The molecule has 1 saturated heterocycles. The highest BCUT2D eigenvalue weighted by Gasteiger charge is 2.26. The molecular weight excluding hydrogens is 344 g/mol. The smallest absolute Gasteiger partial charge is 0.235 e. The molecule has 1 atom stereocenters. The Bertz CT molecular complexity index is 467. The fourth-order valence-electron chi connectivity index (χ4n) is 2.70. The lowest BCUT2D eigenvalue weighted by Crippen LogP contribution is -2.44. The van der Waals surface area contributed by atoms with Gasteiger partial charge in [0, 0.05) is 25.4 Å². The maximum atomic E-state index is 12.5. The van der Waals surface area contributed by atoms with E-state index in [1.54, 1.807) is 11.8 Å². The molecule has 1 amide bonds. The molecule has 1 fully saturated rings. The maximum Gasteiger partial charge on any atom is 0.235 e. The number of carbonyl (C=O) groups is 1. The van der Waals surface area contributed by atoms with Gasteiger partial charge in [0.2, 0.25) is 5.91 Å². The van der Waals surface area contributed by atoms with E-state index in [1.165, 1.54) is 5.56 Å². The number of thioether (sulfide) groups is 1. The normalized spacial score (nSPS) is 16.5. The van der Waals surface area contributed by atoms with Gasteiger partial charge in [-0.2, -0.15) is 0 Å². The summed E-state index contributed by atoms with van der Waals surface area (Å²) in [5.74, 6) is 1.14. The predicted molar refractivity (Wildman–Crippen MR) is 104 cm³/mol. The summed E-state index contributed by atoms with van der Waals surface area (Å²) in [6.45, 7) is 5.04. The fourth-order valence-corrected chi connectivity index (χ4v) is 3.63. The van der Waals surface area contributed by atoms with E-state index in [2.05, 4.69) is 12.1 Å². The molecule has 0 aromatic heterocycles. The Morgan fingerprint density at radius 3 is 2.62 bits per heavy atom. The number of halogens is 1. The Balaban J connectivity index is 0.00000288. The Hall–Kier alpha value is -0.750. The van der Waals surface area contributed by atoms with Crippen molar-refractivity contribution in [3.8, 4) is 0 Å². The van der Waals surface area contributed by atoms with E-state index >= 15 is 0 Å². The third-order valence-corrected chi connectivity index (χ3v) is 5.35. The van der Waals surface area contributed by atoms with Crippen LogP contribution in [0.2, 0.25) is 0 Å². The van der Waals surface area contributed by atoms with E-state index in [-0.39, 0.29) is 29.7 Å². The molecule has 1 aliphatic heterocycles. The van der Waals surface area contributed by atoms with Crippen LogP contribution >= 0.6 is 24.2 Å². The van der Waals surface area contributed by atoms with E-state index in [1.807, 2.05) is 30.0 Å². The lowest BCUT2D eigenvalue weighted by atomic mass is 10.1. The number of rotatable bonds is 8. The molecular formula is C18H29ClN2O2S. The number of nitrogens with two attached hydrogens (primary N) is 1. The van der Waals surface area contributed by atoms with Crippen molar-refractivity contribution in [2.75, 3.05) is 26.2 Å². The molecule has 0 saturated carbocycles. The zero-order valence-electron chi connectivity index (χ0n) is 14.4. The van der Waals surface area contributed by atoms with Crippen molar-refractivity contribution >= 4 is 30.1 Å². The van der Waals surface area contributed by atoms with Crippen LogP contribution in [0.3, 0.4) is 0 Å². The summed E-state index contributed by atoms with van der Waals surface area (Å²) in [5.41, 5.74) is 6.74. The summed E-state index contributed by atoms with van der Waals surface area (Å²) in [6.07, 6.45) is 3.07. The number of piperidine rings is 1. The first-order chi connectivity index (χ1) is 11.2. The van der Waals surface area contributed by atoms with Crippen LogP contribution in [0.5, 0.6) is 0 Å². The first kappa shape index (κ1) is 21.3. The summed E-state index contributed by atoms with van der Waals surface area (Å²) in [4.78, 5) is 14.5. The molecule has 24 heavy (non-hydrogen) atoms.